The van der Waals surface area contributed by atoms with Crippen molar-refractivity contribution < 1.29 is 9.90 Å². The molecule has 1 aromatic heterocycles. The van der Waals surface area contributed by atoms with Crippen LogP contribution in [0.15, 0.2) is 42.5 Å². The minimum atomic E-state index is 0.0162. The van der Waals surface area contributed by atoms with Gasteiger partial charge in [-0.25, -0.2) is 0 Å². The third kappa shape index (κ3) is 5.42. The first kappa shape index (κ1) is 15.3. The number of thiophene rings is 1. The van der Waals surface area contributed by atoms with Gasteiger partial charge in [-0.1, -0.05) is 42.2 Å². The fraction of sp³-hybridized carbons (Fsp3) is 0.235. The summed E-state index contributed by atoms with van der Waals surface area (Å²) in [4.78, 5) is 13.9. The molecule has 0 fully saturated rings. The second-order valence-electron chi connectivity index (χ2n) is 4.48. The van der Waals surface area contributed by atoms with Crippen molar-refractivity contribution in [3.05, 3.63) is 57.8 Å². The van der Waals surface area contributed by atoms with E-state index in [1.54, 1.807) is 11.3 Å². The van der Waals surface area contributed by atoms with Crippen LogP contribution in [-0.4, -0.2) is 17.6 Å². The van der Waals surface area contributed by atoms with Gasteiger partial charge in [0.25, 0.3) is 0 Å². The van der Waals surface area contributed by atoms with Crippen molar-refractivity contribution in [3.8, 4) is 11.8 Å². The Morgan fingerprint density at radius 2 is 2.00 bits per heavy atom. The third-order valence-electron chi connectivity index (χ3n) is 2.78. The average molecular weight is 299 g/mol. The van der Waals surface area contributed by atoms with E-state index in [9.17, 15) is 4.79 Å². The van der Waals surface area contributed by atoms with E-state index in [0.717, 1.165) is 15.3 Å². The smallest absolute Gasteiger partial charge is 0.224 e. The lowest BCUT2D eigenvalue weighted by Crippen LogP contribution is -2.24. The Balaban J connectivity index is 1.81. The van der Waals surface area contributed by atoms with Crippen LogP contribution in [0, 0.1) is 11.8 Å². The number of benzene rings is 1. The lowest BCUT2D eigenvalue weighted by molar-refractivity contribution is -0.120. The molecule has 108 valence electrons. The second-order valence-corrected chi connectivity index (χ2v) is 5.65. The maximum absolute atomic E-state index is 11.8. The fourth-order valence-corrected chi connectivity index (χ4v) is 2.60. The van der Waals surface area contributed by atoms with Gasteiger partial charge in [-0.15, -0.1) is 11.3 Å². The second kappa shape index (κ2) is 8.25. The number of hydrogen-bond donors (Lipinski definition) is 2. The quantitative estimate of drug-likeness (QED) is 0.833. The summed E-state index contributed by atoms with van der Waals surface area (Å²) >= 11 is 1.56. The molecule has 1 aromatic carbocycles. The van der Waals surface area contributed by atoms with Crippen LogP contribution in [0.2, 0.25) is 0 Å². The number of carbonyl (C=O) groups is 1. The minimum absolute atomic E-state index is 0.0162. The van der Waals surface area contributed by atoms with Gasteiger partial charge in [-0.2, -0.15) is 0 Å². The van der Waals surface area contributed by atoms with Crippen molar-refractivity contribution in [1.82, 2.24) is 5.32 Å². The van der Waals surface area contributed by atoms with E-state index in [2.05, 4.69) is 17.2 Å². The van der Waals surface area contributed by atoms with Crippen molar-refractivity contribution in [2.75, 3.05) is 6.61 Å². The van der Waals surface area contributed by atoms with E-state index in [0.29, 0.717) is 19.4 Å². The van der Waals surface area contributed by atoms with Crippen LogP contribution in [0.4, 0.5) is 0 Å². The summed E-state index contributed by atoms with van der Waals surface area (Å²) in [6.07, 6.45) is 0.885. The normalized spacial score (nSPS) is 9.76. The number of hydrogen-bond acceptors (Lipinski definition) is 3. The zero-order chi connectivity index (χ0) is 14.9. The molecule has 2 N–H and O–H groups in total. The summed E-state index contributed by atoms with van der Waals surface area (Å²) in [6, 6.07) is 13.6. The zero-order valence-electron chi connectivity index (χ0n) is 11.6. The molecule has 3 nitrogen and oxygen atoms in total. The first-order chi connectivity index (χ1) is 10.3. The van der Waals surface area contributed by atoms with Crippen LogP contribution in [0.25, 0.3) is 0 Å². The summed E-state index contributed by atoms with van der Waals surface area (Å²) in [5, 5.41) is 11.6. The van der Waals surface area contributed by atoms with Gasteiger partial charge in [0.2, 0.25) is 5.91 Å². The van der Waals surface area contributed by atoms with Crippen LogP contribution in [0.1, 0.15) is 21.7 Å². The molecule has 2 aromatic rings. The lowest BCUT2D eigenvalue weighted by Gasteiger charge is -2.03. The molecule has 4 heteroatoms. The number of aliphatic hydroxyl groups is 1. The lowest BCUT2D eigenvalue weighted by atomic mass is 10.1. The molecule has 0 atom stereocenters. The summed E-state index contributed by atoms with van der Waals surface area (Å²) < 4.78 is 0. The number of nitrogens with one attached hydrogen (secondary N) is 1. The van der Waals surface area contributed by atoms with Crippen LogP contribution in [-0.2, 0) is 17.8 Å². The molecule has 21 heavy (non-hydrogen) atoms. The fourth-order valence-electron chi connectivity index (χ4n) is 1.78. The largest absolute Gasteiger partial charge is 0.395 e. The Kier molecular flexibility index (Phi) is 6.01. The van der Waals surface area contributed by atoms with E-state index in [4.69, 9.17) is 5.11 Å². The molecule has 0 radical (unpaired) electrons. The first-order valence-electron chi connectivity index (χ1n) is 6.77. The molecule has 0 unspecified atom stereocenters. The Bertz CT molecular complexity index is 638. The summed E-state index contributed by atoms with van der Waals surface area (Å²) in [7, 11) is 0. The molecule has 0 bridgehead atoms. The van der Waals surface area contributed by atoms with Crippen molar-refractivity contribution in [3.63, 3.8) is 0 Å². The van der Waals surface area contributed by atoms with Gasteiger partial charge < -0.3 is 10.4 Å². The first-order valence-corrected chi connectivity index (χ1v) is 7.58. The molecule has 0 saturated heterocycles. The van der Waals surface area contributed by atoms with E-state index < -0.39 is 0 Å². The molecule has 1 amide bonds. The van der Waals surface area contributed by atoms with Gasteiger partial charge in [0, 0.05) is 11.3 Å². The van der Waals surface area contributed by atoms with Gasteiger partial charge in [0.05, 0.1) is 24.4 Å². The standard InChI is InChI=1S/C17H17NO2S/c19-11-5-4-8-15-9-10-16(21-15)13-18-17(20)12-14-6-2-1-3-7-14/h1-3,6-7,9-10,19H,5,11-13H2,(H,18,20). The highest BCUT2D eigenvalue weighted by molar-refractivity contribution is 7.12. The molecule has 1 heterocycles. The summed E-state index contributed by atoms with van der Waals surface area (Å²) in [5.74, 6) is 5.89. The zero-order valence-corrected chi connectivity index (χ0v) is 12.5. The van der Waals surface area contributed by atoms with Gasteiger partial charge in [-0.3, -0.25) is 4.79 Å². The Morgan fingerprint density at radius 3 is 2.76 bits per heavy atom. The summed E-state index contributed by atoms with van der Waals surface area (Å²) in [5.41, 5.74) is 1.01. The SMILES string of the molecule is O=C(Cc1ccccc1)NCc1ccc(C#CCCO)s1. The Hall–Kier alpha value is -2.09. The van der Waals surface area contributed by atoms with Crippen LogP contribution < -0.4 is 5.32 Å². The molecule has 0 aliphatic rings. The van der Waals surface area contributed by atoms with Gasteiger partial charge in [-0.05, 0) is 17.7 Å². The maximum Gasteiger partial charge on any atom is 0.224 e. The minimum Gasteiger partial charge on any atom is -0.395 e. The molecule has 0 spiro atoms. The molecule has 0 saturated carbocycles. The number of aliphatic hydroxyl groups excluding tert-OH is 1. The van der Waals surface area contributed by atoms with Gasteiger partial charge in [0.15, 0.2) is 0 Å². The molecule has 0 aliphatic carbocycles. The van der Waals surface area contributed by atoms with Crippen LogP contribution >= 0.6 is 11.3 Å². The van der Waals surface area contributed by atoms with Gasteiger partial charge >= 0.3 is 0 Å². The molecule has 0 aliphatic heterocycles. The van der Waals surface area contributed by atoms with Gasteiger partial charge in [0.1, 0.15) is 0 Å². The molecule has 2 rings (SSSR count). The van der Waals surface area contributed by atoms with E-state index >= 15 is 0 Å². The highest BCUT2D eigenvalue weighted by Gasteiger charge is 2.04. The average Bonchev–Trinajstić information content (AvgIpc) is 2.94. The van der Waals surface area contributed by atoms with Crippen molar-refractivity contribution >= 4 is 17.2 Å². The van der Waals surface area contributed by atoms with Crippen LogP contribution in [0.3, 0.4) is 0 Å². The summed E-state index contributed by atoms with van der Waals surface area (Å²) in [6.45, 7) is 0.610. The Morgan fingerprint density at radius 1 is 1.19 bits per heavy atom. The van der Waals surface area contributed by atoms with E-state index in [-0.39, 0.29) is 12.5 Å². The maximum atomic E-state index is 11.8. The highest BCUT2D eigenvalue weighted by Crippen LogP contribution is 2.15. The monoisotopic (exact) mass is 299 g/mol. The van der Waals surface area contributed by atoms with E-state index in [1.807, 2.05) is 42.5 Å². The van der Waals surface area contributed by atoms with E-state index in [1.165, 1.54) is 0 Å². The van der Waals surface area contributed by atoms with Crippen LogP contribution in [0.5, 0.6) is 0 Å². The highest BCUT2D eigenvalue weighted by atomic mass is 32.1. The molecular formula is C17H17NO2S. The Labute approximate surface area is 128 Å². The number of amides is 1. The number of carbonyl (C=O) groups excluding carboxylic acids is 1. The number of rotatable bonds is 5. The van der Waals surface area contributed by atoms with Crippen molar-refractivity contribution in [1.29, 1.82) is 0 Å². The van der Waals surface area contributed by atoms with Crippen molar-refractivity contribution in [2.24, 2.45) is 0 Å². The third-order valence-corrected chi connectivity index (χ3v) is 3.78. The predicted octanol–water partition coefficient (Wildman–Crippen LogP) is 2.34. The van der Waals surface area contributed by atoms with Crippen molar-refractivity contribution in [2.45, 2.75) is 19.4 Å². The molecular weight excluding hydrogens is 282 g/mol. The topological polar surface area (TPSA) is 49.3 Å². The predicted molar refractivity (Wildman–Crippen MR) is 84.9 cm³/mol.